The highest BCUT2D eigenvalue weighted by Crippen LogP contribution is 2.27. The zero-order chi connectivity index (χ0) is 12.5. The Morgan fingerprint density at radius 3 is 2.59 bits per heavy atom. The molecule has 1 N–H and O–H groups in total. The summed E-state index contributed by atoms with van der Waals surface area (Å²) in [5, 5.41) is 10.5. The number of aromatic nitrogens is 2. The lowest BCUT2D eigenvalue weighted by Crippen LogP contribution is -2.27. The molecule has 0 amide bonds. The average molecular weight is 234 g/mol. The predicted octanol–water partition coefficient (Wildman–Crippen LogP) is 2.30. The van der Waals surface area contributed by atoms with Crippen LogP contribution in [-0.2, 0) is 12.1 Å². The van der Waals surface area contributed by atoms with Gasteiger partial charge in [-0.2, -0.15) is 0 Å². The summed E-state index contributed by atoms with van der Waals surface area (Å²) in [4.78, 5) is 4.18. The molecule has 1 atom stereocenters. The molecule has 2 aromatic rings. The standard InChI is InChI=1S/C13H15FN2O/c1-3-16-9-8-15-12(16)13(2,17)10-4-6-11(14)7-5-10/h4-9,17H,3H2,1-2H3. The summed E-state index contributed by atoms with van der Waals surface area (Å²) in [6.07, 6.45) is 3.46. The Bertz CT molecular complexity index is 502. The van der Waals surface area contributed by atoms with E-state index in [1.807, 2.05) is 17.7 Å². The number of aliphatic hydroxyl groups is 1. The van der Waals surface area contributed by atoms with E-state index in [0.29, 0.717) is 11.4 Å². The first kappa shape index (κ1) is 11.8. The lowest BCUT2D eigenvalue weighted by atomic mass is 9.95. The predicted molar refractivity (Wildman–Crippen MR) is 63.0 cm³/mol. The van der Waals surface area contributed by atoms with Crippen LogP contribution in [0.15, 0.2) is 36.7 Å². The monoisotopic (exact) mass is 234 g/mol. The van der Waals surface area contributed by atoms with Gasteiger partial charge in [0.05, 0.1) is 0 Å². The zero-order valence-electron chi connectivity index (χ0n) is 9.89. The van der Waals surface area contributed by atoms with Crippen LogP contribution in [0, 0.1) is 5.82 Å². The molecule has 0 saturated heterocycles. The van der Waals surface area contributed by atoms with Crippen molar-refractivity contribution < 1.29 is 9.50 Å². The normalized spacial score (nSPS) is 14.6. The van der Waals surface area contributed by atoms with Crippen LogP contribution in [0.3, 0.4) is 0 Å². The van der Waals surface area contributed by atoms with Crippen molar-refractivity contribution in [2.75, 3.05) is 0 Å². The molecule has 1 aromatic carbocycles. The minimum Gasteiger partial charge on any atom is -0.377 e. The minimum atomic E-state index is -1.22. The fraction of sp³-hybridized carbons (Fsp3) is 0.308. The van der Waals surface area contributed by atoms with Gasteiger partial charge in [-0.05, 0) is 31.5 Å². The van der Waals surface area contributed by atoms with Crippen molar-refractivity contribution in [3.05, 3.63) is 53.9 Å². The van der Waals surface area contributed by atoms with Crippen molar-refractivity contribution in [3.63, 3.8) is 0 Å². The number of rotatable bonds is 3. The van der Waals surface area contributed by atoms with Gasteiger partial charge < -0.3 is 9.67 Å². The Balaban J connectivity index is 2.45. The molecular weight excluding hydrogens is 219 g/mol. The molecule has 0 spiro atoms. The lowest BCUT2D eigenvalue weighted by molar-refractivity contribution is 0.0881. The highest BCUT2D eigenvalue weighted by atomic mass is 19.1. The molecule has 1 heterocycles. The minimum absolute atomic E-state index is 0.316. The number of imidazole rings is 1. The summed E-state index contributed by atoms with van der Waals surface area (Å²) in [7, 11) is 0. The Morgan fingerprint density at radius 2 is 2.00 bits per heavy atom. The average Bonchev–Trinajstić information content (AvgIpc) is 2.78. The molecule has 1 aromatic heterocycles. The van der Waals surface area contributed by atoms with E-state index < -0.39 is 5.60 Å². The van der Waals surface area contributed by atoms with Gasteiger partial charge >= 0.3 is 0 Å². The van der Waals surface area contributed by atoms with Crippen molar-refractivity contribution in [2.45, 2.75) is 26.0 Å². The Hall–Kier alpha value is -1.68. The topological polar surface area (TPSA) is 38.0 Å². The van der Waals surface area contributed by atoms with Crippen LogP contribution in [0.5, 0.6) is 0 Å². The van der Waals surface area contributed by atoms with Crippen LogP contribution in [0.4, 0.5) is 4.39 Å². The molecule has 1 unspecified atom stereocenters. The van der Waals surface area contributed by atoms with Crippen LogP contribution in [0.2, 0.25) is 0 Å². The molecule has 0 aliphatic carbocycles. The van der Waals surface area contributed by atoms with E-state index in [1.165, 1.54) is 12.1 Å². The van der Waals surface area contributed by atoms with Crippen molar-refractivity contribution >= 4 is 0 Å². The number of benzene rings is 1. The number of hydrogen-bond donors (Lipinski definition) is 1. The van der Waals surface area contributed by atoms with Gasteiger partial charge in [-0.15, -0.1) is 0 Å². The van der Waals surface area contributed by atoms with Gasteiger partial charge in [-0.25, -0.2) is 9.37 Å². The highest BCUT2D eigenvalue weighted by molar-refractivity contribution is 5.29. The summed E-state index contributed by atoms with van der Waals surface area (Å²) in [5.74, 6) is 0.245. The molecule has 4 heteroatoms. The third kappa shape index (κ3) is 2.08. The summed E-state index contributed by atoms with van der Waals surface area (Å²) >= 11 is 0. The summed E-state index contributed by atoms with van der Waals surface area (Å²) in [6, 6.07) is 5.82. The van der Waals surface area contributed by atoms with Crippen molar-refractivity contribution in [3.8, 4) is 0 Å². The molecule has 0 fully saturated rings. The van der Waals surface area contributed by atoms with E-state index in [2.05, 4.69) is 4.98 Å². The smallest absolute Gasteiger partial charge is 0.145 e. The second-order valence-electron chi connectivity index (χ2n) is 4.12. The van der Waals surface area contributed by atoms with Gasteiger partial charge in [0.2, 0.25) is 0 Å². The highest BCUT2D eigenvalue weighted by Gasteiger charge is 2.30. The zero-order valence-corrected chi connectivity index (χ0v) is 9.89. The van der Waals surface area contributed by atoms with Crippen LogP contribution in [-0.4, -0.2) is 14.7 Å². The van der Waals surface area contributed by atoms with Crippen molar-refractivity contribution in [1.82, 2.24) is 9.55 Å². The molecule has 17 heavy (non-hydrogen) atoms. The number of aryl methyl sites for hydroxylation is 1. The number of hydrogen-bond acceptors (Lipinski definition) is 2. The lowest BCUT2D eigenvalue weighted by Gasteiger charge is -2.24. The SMILES string of the molecule is CCn1ccnc1C(C)(O)c1ccc(F)cc1. The van der Waals surface area contributed by atoms with Crippen LogP contribution in [0.1, 0.15) is 25.2 Å². The van der Waals surface area contributed by atoms with Crippen LogP contribution < -0.4 is 0 Å². The molecule has 0 aliphatic rings. The Labute approximate surface area is 99.5 Å². The van der Waals surface area contributed by atoms with E-state index in [-0.39, 0.29) is 5.82 Å². The molecule has 0 bridgehead atoms. The summed E-state index contributed by atoms with van der Waals surface area (Å²) < 4.78 is 14.7. The fourth-order valence-electron chi connectivity index (χ4n) is 1.89. The van der Waals surface area contributed by atoms with Crippen LogP contribution >= 0.6 is 0 Å². The first-order chi connectivity index (χ1) is 8.05. The maximum Gasteiger partial charge on any atom is 0.145 e. The first-order valence-electron chi connectivity index (χ1n) is 5.55. The third-order valence-electron chi connectivity index (χ3n) is 2.90. The van der Waals surface area contributed by atoms with Gasteiger partial charge in [0.1, 0.15) is 17.2 Å². The number of nitrogens with zero attached hydrogens (tertiary/aromatic N) is 2. The van der Waals surface area contributed by atoms with E-state index in [1.54, 1.807) is 25.3 Å². The van der Waals surface area contributed by atoms with E-state index in [9.17, 15) is 9.50 Å². The van der Waals surface area contributed by atoms with Crippen molar-refractivity contribution in [1.29, 1.82) is 0 Å². The maximum absolute atomic E-state index is 12.9. The van der Waals surface area contributed by atoms with E-state index in [4.69, 9.17) is 0 Å². The van der Waals surface area contributed by atoms with E-state index >= 15 is 0 Å². The molecule has 0 aliphatic heterocycles. The Kier molecular flexibility index (Phi) is 2.98. The quantitative estimate of drug-likeness (QED) is 0.884. The van der Waals surface area contributed by atoms with E-state index in [0.717, 1.165) is 6.54 Å². The van der Waals surface area contributed by atoms with Gasteiger partial charge in [0.25, 0.3) is 0 Å². The fourth-order valence-corrected chi connectivity index (χ4v) is 1.89. The summed E-state index contributed by atoms with van der Waals surface area (Å²) in [5.41, 5.74) is -0.590. The molecule has 3 nitrogen and oxygen atoms in total. The second kappa shape index (κ2) is 4.30. The molecule has 2 rings (SSSR count). The van der Waals surface area contributed by atoms with Crippen LogP contribution in [0.25, 0.3) is 0 Å². The second-order valence-corrected chi connectivity index (χ2v) is 4.12. The van der Waals surface area contributed by atoms with Gasteiger partial charge in [0, 0.05) is 18.9 Å². The van der Waals surface area contributed by atoms with Gasteiger partial charge in [-0.3, -0.25) is 0 Å². The Morgan fingerprint density at radius 1 is 1.35 bits per heavy atom. The number of halogens is 1. The molecule has 90 valence electrons. The van der Waals surface area contributed by atoms with Gasteiger partial charge in [0.15, 0.2) is 0 Å². The molecule has 0 radical (unpaired) electrons. The third-order valence-corrected chi connectivity index (χ3v) is 2.90. The van der Waals surface area contributed by atoms with Gasteiger partial charge in [-0.1, -0.05) is 12.1 Å². The van der Waals surface area contributed by atoms with Crippen molar-refractivity contribution in [2.24, 2.45) is 0 Å². The summed E-state index contributed by atoms with van der Waals surface area (Å²) in [6.45, 7) is 4.37. The molecular formula is C13H15FN2O. The largest absolute Gasteiger partial charge is 0.377 e. The molecule has 0 saturated carbocycles. The first-order valence-corrected chi connectivity index (χ1v) is 5.55. The maximum atomic E-state index is 12.9.